The molecule has 0 spiro atoms. The molecule has 1 aromatic carbocycles. The lowest BCUT2D eigenvalue weighted by atomic mass is 10.1. The number of aryl methyl sites for hydroxylation is 1. The monoisotopic (exact) mass is 215 g/mol. The second kappa shape index (κ2) is 5.66. The molecule has 0 amide bonds. The summed E-state index contributed by atoms with van der Waals surface area (Å²) in [5.74, 6) is 0.250. The predicted octanol–water partition coefficient (Wildman–Crippen LogP) is 2.52. The third-order valence-corrected chi connectivity index (χ3v) is 2.20. The van der Waals surface area contributed by atoms with E-state index in [1.54, 1.807) is 12.1 Å². The minimum atomic E-state index is -2.50. The first-order chi connectivity index (χ1) is 7.19. The van der Waals surface area contributed by atoms with Crippen molar-refractivity contribution in [2.75, 3.05) is 13.7 Å². The third kappa shape index (κ3) is 3.16. The highest BCUT2D eigenvalue weighted by Gasteiger charge is 2.13. The summed E-state index contributed by atoms with van der Waals surface area (Å²) in [5.41, 5.74) is 6.29. The maximum absolute atomic E-state index is 12.5. The van der Waals surface area contributed by atoms with Crippen molar-refractivity contribution in [1.82, 2.24) is 0 Å². The Bertz CT molecular complexity index is 315. The van der Waals surface area contributed by atoms with Crippen molar-refractivity contribution in [3.8, 4) is 5.75 Å². The van der Waals surface area contributed by atoms with Gasteiger partial charge < -0.3 is 10.5 Å². The molecule has 15 heavy (non-hydrogen) atoms. The summed E-state index contributed by atoms with van der Waals surface area (Å²) in [6.45, 7) is 0.596. The topological polar surface area (TPSA) is 35.2 Å². The second-order valence-corrected chi connectivity index (χ2v) is 3.27. The van der Waals surface area contributed by atoms with Crippen molar-refractivity contribution in [3.05, 3.63) is 29.3 Å². The molecule has 0 aromatic heterocycles. The molecule has 0 unspecified atom stereocenters. The van der Waals surface area contributed by atoms with Gasteiger partial charge in [0.1, 0.15) is 5.75 Å². The van der Waals surface area contributed by atoms with Gasteiger partial charge in [0.2, 0.25) is 0 Å². The van der Waals surface area contributed by atoms with Crippen LogP contribution in [0, 0.1) is 0 Å². The first-order valence-electron chi connectivity index (χ1n) is 4.84. The molecular formula is C11H15F2NO. The van der Waals surface area contributed by atoms with Gasteiger partial charge in [0.25, 0.3) is 6.43 Å². The van der Waals surface area contributed by atoms with Crippen molar-refractivity contribution >= 4 is 0 Å². The van der Waals surface area contributed by atoms with Crippen LogP contribution in [0.2, 0.25) is 0 Å². The summed E-state index contributed by atoms with van der Waals surface area (Å²) in [7, 11) is 1.40. The zero-order valence-corrected chi connectivity index (χ0v) is 8.67. The quantitative estimate of drug-likeness (QED) is 0.819. The Hall–Kier alpha value is -1.16. The average molecular weight is 215 g/mol. The molecule has 0 saturated heterocycles. The number of benzene rings is 1. The first-order valence-corrected chi connectivity index (χ1v) is 4.84. The van der Waals surface area contributed by atoms with Crippen molar-refractivity contribution in [2.24, 2.45) is 5.73 Å². The molecule has 0 radical (unpaired) electrons. The molecule has 2 nitrogen and oxygen atoms in total. The molecule has 1 aromatic rings. The summed E-state index contributed by atoms with van der Waals surface area (Å²) >= 11 is 0. The smallest absolute Gasteiger partial charge is 0.267 e. The van der Waals surface area contributed by atoms with Crippen LogP contribution < -0.4 is 10.5 Å². The van der Waals surface area contributed by atoms with E-state index in [1.165, 1.54) is 13.2 Å². The molecular weight excluding hydrogens is 200 g/mol. The van der Waals surface area contributed by atoms with Gasteiger partial charge in [0.15, 0.2) is 0 Å². The Balaban J connectivity index is 2.87. The van der Waals surface area contributed by atoms with Crippen molar-refractivity contribution < 1.29 is 13.5 Å². The van der Waals surface area contributed by atoms with Crippen molar-refractivity contribution in [1.29, 1.82) is 0 Å². The molecule has 2 N–H and O–H groups in total. The van der Waals surface area contributed by atoms with E-state index in [4.69, 9.17) is 10.5 Å². The fourth-order valence-corrected chi connectivity index (χ4v) is 1.40. The number of ether oxygens (including phenoxy) is 1. The summed E-state index contributed by atoms with van der Waals surface area (Å²) in [5, 5.41) is 0. The van der Waals surface area contributed by atoms with Crippen LogP contribution in [-0.4, -0.2) is 13.7 Å². The minimum Gasteiger partial charge on any atom is -0.496 e. The lowest BCUT2D eigenvalue weighted by Crippen LogP contribution is -2.01. The zero-order valence-electron chi connectivity index (χ0n) is 8.67. The molecule has 1 rings (SSSR count). The number of hydrogen-bond donors (Lipinski definition) is 1. The van der Waals surface area contributed by atoms with Gasteiger partial charge in [-0.2, -0.15) is 0 Å². The Morgan fingerprint density at radius 1 is 1.40 bits per heavy atom. The number of hydrogen-bond acceptors (Lipinski definition) is 2. The van der Waals surface area contributed by atoms with Gasteiger partial charge in [-0.05, 0) is 37.1 Å². The highest BCUT2D eigenvalue weighted by atomic mass is 19.3. The van der Waals surface area contributed by atoms with Crippen LogP contribution in [0.25, 0.3) is 0 Å². The lowest BCUT2D eigenvalue weighted by Gasteiger charge is -2.09. The maximum Gasteiger partial charge on any atom is 0.267 e. The zero-order chi connectivity index (χ0) is 11.3. The summed E-state index contributed by atoms with van der Waals surface area (Å²) in [4.78, 5) is 0. The minimum absolute atomic E-state index is 0.0611. The molecule has 84 valence electrons. The molecule has 0 atom stereocenters. The van der Waals surface area contributed by atoms with Crippen LogP contribution in [0.3, 0.4) is 0 Å². The van der Waals surface area contributed by atoms with Crippen LogP contribution in [0.15, 0.2) is 18.2 Å². The van der Waals surface area contributed by atoms with Crippen LogP contribution in [0.1, 0.15) is 24.0 Å². The molecule has 0 heterocycles. The van der Waals surface area contributed by atoms with Gasteiger partial charge in [-0.3, -0.25) is 0 Å². The largest absolute Gasteiger partial charge is 0.496 e. The third-order valence-electron chi connectivity index (χ3n) is 2.20. The summed E-state index contributed by atoms with van der Waals surface area (Å²) in [6, 6.07) is 4.76. The molecule has 0 aliphatic carbocycles. The molecule has 0 saturated carbocycles. The van der Waals surface area contributed by atoms with Crippen LogP contribution >= 0.6 is 0 Å². The SMILES string of the molecule is COc1cc(CCCN)ccc1C(F)F. The maximum atomic E-state index is 12.5. The number of rotatable bonds is 5. The lowest BCUT2D eigenvalue weighted by molar-refractivity contribution is 0.147. The molecule has 4 heteroatoms. The molecule has 0 bridgehead atoms. The Kier molecular flexibility index (Phi) is 4.49. The Labute approximate surface area is 88.0 Å². The van der Waals surface area contributed by atoms with E-state index in [1.807, 2.05) is 0 Å². The van der Waals surface area contributed by atoms with E-state index >= 15 is 0 Å². The van der Waals surface area contributed by atoms with E-state index in [9.17, 15) is 8.78 Å². The van der Waals surface area contributed by atoms with E-state index < -0.39 is 6.43 Å². The van der Waals surface area contributed by atoms with Crippen molar-refractivity contribution in [2.45, 2.75) is 19.3 Å². The molecule has 0 fully saturated rings. The number of methoxy groups -OCH3 is 1. The van der Waals surface area contributed by atoms with Crippen LogP contribution in [-0.2, 0) is 6.42 Å². The highest BCUT2D eigenvalue weighted by molar-refractivity contribution is 5.38. The number of alkyl halides is 2. The van der Waals surface area contributed by atoms with Gasteiger partial charge in [0, 0.05) is 0 Å². The molecule has 0 aliphatic rings. The molecule has 0 aliphatic heterocycles. The van der Waals surface area contributed by atoms with E-state index in [-0.39, 0.29) is 11.3 Å². The van der Waals surface area contributed by atoms with Gasteiger partial charge in [-0.15, -0.1) is 0 Å². The van der Waals surface area contributed by atoms with Crippen molar-refractivity contribution in [3.63, 3.8) is 0 Å². The van der Waals surface area contributed by atoms with Gasteiger partial charge >= 0.3 is 0 Å². The Morgan fingerprint density at radius 3 is 2.67 bits per heavy atom. The number of nitrogens with two attached hydrogens (primary N) is 1. The highest BCUT2D eigenvalue weighted by Crippen LogP contribution is 2.29. The predicted molar refractivity (Wildman–Crippen MR) is 55.3 cm³/mol. The van der Waals surface area contributed by atoms with Gasteiger partial charge in [-0.1, -0.05) is 6.07 Å². The van der Waals surface area contributed by atoms with Crippen LogP contribution in [0.5, 0.6) is 5.75 Å². The van der Waals surface area contributed by atoms with E-state index in [0.717, 1.165) is 18.4 Å². The number of halogens is 2. The van der Waals surface area contributed by atoms with Gasteiger partial charge in [-0.25, -0.2) is 8.78 Å². The fourth-order valence-electron chi connectivity index (χ4n) is 1.40. The normalized spacial score (nSPS) is 10.7. The van der Waals surface area contributed by atoms with Crippen LogP contribution in [0.4, 0.5) is 8.78 Å². The average Bonchev–Trinajstić information content (AvgIpc) is 2.25. The van der Waals surface area contributed by atoms with E-state index in [2.05, 4.69) is 0 Å². The van der Waals surface area contributed by atoms with E-state index in [0.29, 0.717) is 6.54 Å². The first kappa shape index (κ1) is 11.9. The second-order valence-electron chi connectivity index (χ2n) is 3.27. The Morgan fingerprint density at radius 2 is 2.13 bits per heavy atom. The fraction of sp³-hybridized carbons (Fsp3) is 0.455. The summed E-state index contributed by atoms with van der Waals surface area (Å²) < 4.78 is 29.9. The standard InChI is InChI=1S/C11H15F2NO/c1-15-10-7-8(3-2-6-14)4-5-9(10)11(12)13/h4-5,7,11H,2-3,6,14H2,1H3. The summed E-state index contributed by atoms with van der Waals surface area (Å²) in [6.07, 6.45) is -0.864. The van der Waals surface area contributed by atoms with Gasteiger partial charge in [0.05, 0.1) is 12.7 Å².